The number of carbonyl (C=O) groups is 1. The Morgan fingerprint density at radius 3 is 2.70 bits per heavy atom. The van der Waals surface area contributed by atoms with Crippen LogP contribution in [0.25, 0.3) is 0 Å². The molecule has 0 aliphatic rings. The third-order valence-electron chi connectivity index (χ3n) is 2.74. The number of carbonyl (C=O) groups excluding carboxylic acids is 1. The monoisotopic (exact) mass is 348 g/mol. The van der Waals surface area contributed by atoms with E-state index in [1.807, 2.05) is 13.8 Å². The lowest BCUT2D eigenvalue weighted by molar-refractivity contribution is -0.144. The summed E-state index contributed by atoms with van der Waals surface area (Å²) >= 11 is 3.27. The van der Waals surface area contributed by atoms with Crippen molar-refractivity contribution in [2.75, 3.05) is 32.3 Å². The molecule has 0 aliphatic carbocycles. The number of furan rings is 1. The Morgan fingerprint density at radius 2 is 2.10 bits per heavy atom. The molecule has 6 heteroatoms. The van der Waals surface area contributed by atoms with Crippen LogP contribution in [0.5, 0.6) is 5.75 Å². The van der Waals surface area contributed by atoms with Crippen LogP contribution in [-0.2, 0) is 14.3 Å². The van der Waals surface area contributed by atoms with Crippen molar-refractivity contribution in [3.8, 4) is 5.75 Å². The molecule has 114 valence electrons. The van der Waals surface area contributed by atoms with Crippen molar-refractivity contribution in [3.63, 3.8) is 0 Å². The summed E-state index contributed by atoms with van der Waals surface area (Å²) in [6.45, 7) is 5.49. The van der Waals surface area contributed by atoms with Crippen LogP contribution in [0.3, 0.4) is 0 Å². The standard InChI is InChI=1S/C14H21BrO5/c1-10(2)13(14(16)17-3)12-8-11(9-20-12)19-7-6-18-5-4-15/h8-10,13H,4-7H2,1-3H3. The predicted molar refractivity (Wildman–Crippen MR) is 78.4 cm³/mol. The zero-order valence-electron chi connectivity index (χ0n) is 12.1. The summed E-state index contributed by atoms with van der Waals surface area (Å²) in [5.74, 6) is 0.521. The molecule has 1 rings (SSSR count). The molecular formula is C14H21BrO5. The average Bonchev–Trinajstić information content (AvgIpc) is 2.86. The Morgan fingerprint density at radius 1 is 1.35 bits per heavy atom. The largest absolute Gasteiger partial charge is 0.488 e. The van der Waals surface area contributed by atoms with Gasteiger partial charge >= 0.3 is 5.97 Å². The van der Waals surface area contributed by atoms with Crippen LogP contribution < -0.4 is 4.74 Å². The normalized spacial score (nSPS) is 12.4. The topological polar surface area (TPSA) is 57.9 Å². The van der Waals surface area contributed by atoms with Crippen LogP contribution in [0.15, 0.2) is 16.7 Å². The van der Waals surface area contributed by atoms with Crippen LogP contribution in [0, 0.1) is 5.92 Å². The number of methoxy groups -OCH3 is 1. The highest BCUT2D eigenvalue weighted by Crippen LogP contribution is 2.29. The lowest BCUT2D eigenvalue weighted by atomic mass is 9.93. The van der Waals surface area contributed by atoms with Crippen molar-refractivity contribution >= 4 is 21.9 Å². The first-order valence-corrected chi connectivity index (χ1v) is 7.65. The highest BCUT2D eigenvalue weighted by Gasteiger charge is 2.28. The van der Waals surface area contributed by atoms with Gasteiger partial charge in [0.25, 0.3) is 0 Å². The van der Waals surface area contributed by atoms with Gasteiger partial charge in [-0.25, -0.2) is 0 Å². The molecule has 0 bridgehead atoms. The van der Waals surface area contributed by atoms with E-state index in [0.29, 0.717) is 31.3 Å². The fraction of sp³-hybridized carbons (Fsp3) is 0.643. The number of alkyl halides is 1. The Balaban J connectivity index is 2.54. The van der Waals surface area contributed by atoms with E-state index in [2.05, 4.69) is 15.9 Å². The zero-order valence-corrected chi connectivity index (χ0v) is 13.6. The maximum Gasteiger partial charge on any atom is 0.316 e. The van der Waals surface area contributed by atoms with E-state index in [-0.39, 0.29) is 11.9 Å². The summed E-state index contributed by atoms with van der Waals surface area (Å²) in [4.78, 5) is 11.7. The zero-order chi connectivity index (χ0) is 15.0. The first-order chi connectivity index (χ1) is 9.60. The van der Waals surface area contributed by atoms with Gasteiger partial charge in [0, 0.05) is 11.4 Å². The fourth-order valence-corrected chi connectivity index (χ4v) is 2.02. The minimum atomic E-state index is -0.415. The van der Waals surface area contributed by atoms with Gasteiger partial charge in [-0.15, -0.1) is 0 Å². The summed E-state index contributed by atoms with van der Waals surface area (Å²) < 4.78 is 21.0. The molecule has 20 heavy (non-hydrogen) atoms. The van der Waals surface area contributed by atoms with Crippen molar-refractivity contribution < 1.29 is 23.4 Å². The molecule has 0 aliphatic heterocycles. The number of hydrogen-bond donors (Lipinski definition) is 0. The smallest absolute Gasteiger partial charge is 0.316 e. The van der Waals surface area contributed by atoms with Crippen molar-refractivity contribution in [2.24, 2.45) is 5.92 Å². The van der Waals surface area contributed by atoms with E-state index in [0.717, 1.165) is 5.33 Å². The van der Waals surface area contributed by atoms with Crippen LogP contribution in [0.2, 0.25) is 0 Å². The summed E-state index contributed by atoms with van der Waals surface area (Å²) in [5, 5.41) is 0.804. The van der Waals surface area contributed by atoms with Gasteiger partial charge in [0.2, 0.25) is 0 Å². The molecule has 0 fully saturated rings. The number of esters is 1. The molecule has 0 N–H and O–H groups in total. The molecule has 0 aromatic carbocycles. The first-order valence-electron chi connectivity index (χ1n) is 6.53. The minimum Gasteiger partial charge on any atom is -0.488 e. The van der Waals surface area contributed by atoms with Gasteiger partial charge in [-0.1, -0.05) is 29.8 Å². The Kier molecular flexibility index (Phi) is 7.69. The average molecular weight is 349 g/mol. The van der Waals surface area contributed by atoms with E-state index >= 15 is 0 Å². The lowest BCUT2D eigenvalue weighted by Gasteiger charge is -2.15. The molecule has 1 heterocycles. The van der Waals surface area contributed by atoms with Gasteiger partial charge in [-0.2, -0.15) is 0 Å². The SMILES string of the molecule is COC(=O)C(c1cc(OCCOCCBr)co1)C(C)C. The Labute approximate surface area is 127 Å². The number of ether oxygens (including phenoxy) is 3. The second-order valence-electron chi connectivity index (χ2n) is 4.58. The Hall–Kier alpha value is -1.01. The summed E-state index contributed by atoms with van der Waals surface area (Å²) in [7, 11) is 1.37. The van der Waals surface area contributed by atoms with Crippen molar-refractivity contribution in [1.82, 2.24) is 0 Å². The molecule has 0 spiro atoms. The quantitative estimate of drug-likeness (QED) is 0.390. The van der Waals surface area contributed by atoms with Gasteiger partial charge < -0.3 is 18.6 Å². The maximum absolute atomic E-state index is 11.7. The van der Waals surface area contributed by atoms with Crippen LogP contribution in [-0.4, -0.2) is 38.2 Å². The maximum atomic E-state index is 11.7. The fourth-order valence-electron chi connectivity index (χ4n) is 1.79. The van der Waals surface area contributed by atoms with Crippen LogP contribution >= 0.6 is 15.9 Å². The molecule has 0 radical (unpaired) electrons. The summed E-state index contributed by atoms with van der Waals surface area (Å²) in [5.41, 5.74) is 0. The summed E-state index contributed by atoms with van der Waals surface area (Å²) in [6.07, 6.45) is 1.50. The molecule has 0 saturated carbocycles. The van der Waals surface area contributed by atoms with Gasteiger partial charge in [0.05, 0.1) is 20.3 Å². The molecule has 1 aromatic heterocycles. The van der Waals surface area contributed by atoms with Gasteiger partial charge in [-0.3, -0.25) is 4.79 Å². The highest BCUT2D eigenvalue weighted by atomic mass is 79.9. The lowest BCUT2D eigenvalue weighted by Crippen LogP contribution is -2.19. The third kappa shape index (κ3) is 5.17. The molecule has 0 amide bonds. The number of halogens is 1. The second kappa shape index (κ2) is 9.02. The van der Waals surface area contributed by atoms with E-state index in [1.165, 1.54) is 13.4 Å². The van der Waals surface area contributed by atoms with Crippen molar-refractivity contribution in [1.29, 1.82) is 0 Å². The minimum absolute atomic E-state index is 0.0868. The molecule has 0 saturated heterocycles. The predicted octanol–water partition coefficient (Wildman–Crippen LogP) is 2.98. The van der Waals surface area contributed by atoms with E-state index in [4.69, 9.17) is 18.6 Å². The number of rotatable bonds is 9. The van der Waals surface area contributed by atoms with Gasteiger partial charge in [-0.05, 0) is 5.92 Å². The van der Waals surface area contributed by atoms with Gasteiger partial charge in [0.1, 0.15) is 24.5 Å². The first kappa shape index (κ1) is 17.0. The summed E-state index contributed by atoms with van der Waals surface area (Å²) in [6, 6.07) is 1.73. The third-order valence-corrected chi connectivity index (χ3v) is 3.07. The Bertz CT molecular complexity index is 402. The van der Waals surface area contributed by atoms with E-state index < -0.39 is 5.92 Å². The van der Waals surface area contributed by atoms with E-state index in [1.54, 1.807) is 6.07 Å². The molecule has 1 atom stereocenters. The molecule has 1 aromatic rings. The van der Waals surface area contributed by atoms with Crippen molar-refractivity contribution in [3.05, 3.63) is 18.1 Å². The second-order valence-corrected chi connectivity index (χ2v) is 5.37. The highest BCUT2D eigenvalue weighted by molar-refractivity contribution is 9.09. The van der Waals surface area contributed by atoms with E-state index in [9.17, 15) is 4.79 Å². The van der Waals surface area contributed by atoms with Crippen LogP contribution in [0.4, 0.5) is 0 Å². The van der Waals surface area contributed by atoms with Crippen LogP contribution in [0.1, 0.15) is 25.5 Å². The van der Waals surface area contributed by atoms with Gasteiger partial charge in [0.15, 0.2) is 5.75 Å². The number of hydrogen-bond acceptors (Lipinski definition) is 5. The molecule has 1 unspecified atom stereocenters. The van der Waals surface area contributed by atoms with Crippen molar-refractivity contribution in [2.45, 2.75) is 19.8 Å². The molecular weight excluding hydrogens is 328 g/mol. The molecule has 5 nitrogen and oxygen atoms in total.